The number of amides is 1. The molecule has 6 aromatic rings. The molecule has 292 valence electrons. The standard InChI is InChI=1S/C34H25Cl2F6N9O4S/c1-49-27-21(5-4-19(35)25(27)31(47-49)48-56(2,54)55)51-32(45-30-16(33(51)53)3-6-22(36)44-30)20(9-13-7-14(37)10-15(38)8-13)43-23(52)12-50-28-24(26(46-50)29(39)40)17-11-18(17)34(28,41)42/h3-8,10,17-18,20,29H,9,11-12H2,1-2H3,(H,43,52)(H,47,48)/t17-,18+,20?/m1/s1. The average molecular weight is 841 g/mol. The maximum absolute atomic E-state index is 15.4. The lowest BCUT2D eigenvalue weighted by Crippen LogP contribution is -2.38. The summed E-state index contributed by atoms with van der Waals surface area (Å²) in [5.41, 5.74) is -2.97. The summed E-state index contributed by atoms with van der Waals surface area (Å²) in [6.45, 7) is -0.993. The number of benzene rings is 2. The van der Waals surface area contributed by atoms with Gasteiger partial charge in [-0.3, -0.25) is 28.2 Å². The number of aryl methyl sites for hydroxylation is 1. The van der Waals surface area contributed by atoms with Gasteiger partial charge in [-0.15, -0.1) is 0 Å². The number of anilines is 1. The number of halogens is 8. The van der Waals surface area contributed by atoms with Gasteiger partial charge in [-0.1, -0.05) is 23.2 Å². The number of aromatic nitrogens is 7. The Bertz CT molecular complexity index is 2810. The molecule has 2 aliphatic carbocycles. The molecule has 1 saturated carbocycles. The van der Waals surface area contributed by atoms with Crippen LogP contribution in [0.25, 0.3) is 27.6 Å². The van der Waals surface area contributed by atoms with Crippen LogP contribution in [0.3, 0.4) is 0 Å². The molecule has 0 radical (unpaired) electrons. The molecule has 4 aromatic heterocycles. The summed E-state index contributed by atoms with van der Waals surface area (Å²) < 4.78 is 117. The van der Waals surface area contributed by atoms with Crippen LogP contribution in [-0.2, 0) is 40.8 Å². The summed E-state index contributed by atoms with van der Waals surface area (Å²) in [5, 5.41) is 10.4. The molecule has 3 atom stereocenters. The number of hydrogen-bond acceptors (Lipinski definition) is 8. The molecule has 8 rings (SSSR count). The molecule has 2 aliphatic rings. The first-order valence-electron chi connectivity index (χ1n) is 16.6. The maximum Gasteiger partial charge on any atom is 0.293 e. The predicted octanol–water partition coefficient (Wildman–Crippen LogP) is 6.07. The Balaban J connectivity index is 1.32. The molecular formula is C34H25Cl2F6N9O4S. The lowest BCUT2D eigenvalue weighted by atomic mass is 10.0. The zero-order valence-electron chi connectivity index (χ0n) is 28.7. The third kappa shape index (κ3) is 6.42. The third-order valence-corrected chi connectivity index (χ3v) is 10.7. The number of hydrogen-bond donors (Lipinski definition) is 2. The van der Waals surface area contributed by atoms with Gasteiger partial charge in [-0.05, 0) is 54.3 Å². The van der Waals surface area contributed by atoms with Gasteiger partial charge in [-0.2, -0.15) is 19.0 Å². The van der Waals surface area contributed by atoms with E-state index in [1.807, 2.05) is 0 Å². The van der Waals surface area contributed by atoms with Crippen LogP contribution in [0, 0.1) is 17.6 Å². The highest BCUT2D eigenvalue weighted by Gasteiger charge is 2.67. The Morgan fingerprint density at radius 1 is 1.05 bits per heavy atom. The third-order valence-electron chi connectivity index (χ3n) is 9.63. The minimum Gasteiger partial charge on any atom is -0.344 e. The second-order valence-corrected chi connectivity index (χ2v) is 16.1. The van der Waals surface area contributed by atoms with Crippen LogP contribution in [-0.4, -0.2) is 54.7 Å². The minimum atomic E-state index is -3.90. The lowest BCUT2D eigenvalue weighted by Gasteiger charge is -2.24. The molecular weight excluding hydrogens is 815 g/mol. The van der Waals surface area contributed by atoms with Gasteiger partial charge in [0, 0.05) is 31.0 Å². The van der Waals surface area contributed by atoms with E-state index in [-0.39, 0.29) is 67.0 Å². The van der Waals surface area contributed by atoms with Crippen molar-refractivity contribution in [2.75, 3.05) is 11.0 Å². The Morgan fingerprint density at radius 3 is 2.45 bits per heavy atom. The van der Waals surface area contributed by atoms with Gasteiger partial charge >= 0.3 is 0 Å². The van der Waals surface area contributed by atoms with Crippen LogP contribution in [0.15, 0.2) is 47.3 Å². The van der Waals surface area contributed by atoms with Crippen molar-refractivity contribution in [3.05, 3.63) is 103 Å². The molecule has 56 heavy (non-hydrogen) atoms. The Labute approximate surface area is 321 Å². The van der Waals surface area contributed by atoms with E-state index in [1.54, 1.807) is 0 Å². The van der Waals surface area contributed by atoms with Gasteiger partial charge in [0.25, 0.3) is 17.9 Å². The monoisotopic (exact) mass is 839 g/mol. The average Bonchev–Trinajstić information content (AvgIpc) is 3.63. The number of rotatable bonds is 10. The fourth-order valence-electron chi connectivity index (χ4n) is 7.44. The molecule has 22 heteroatoms. The Morgan fingerprint density at radius 2 is 1.77 bits per heavy atom. The quantitative estimate of drug-likeness (QED) is 0.124. The number of fused-ring (bicyclic) bond motifs is 5. The lowest BCUT2D eigenvalue weighted by molar-refractivity contribution is -0.123. The van der Waals surface area contributed by atoms with E-state index in [9.17, 15) is 35.6 Å². The summed E-state index contributed by atoms with van der Waals surface area (Å²) in [6, 6.07) is 6.33. The topological polar surface area (TPSA) is 159 Å². The van der Waals surface area contributed by atoms with Crippen LogP contribution in [0.1, 0.15) is 53.1 Å². The molecule has 0 aliphatic heterocycles. The number of nitrogens with one attached hydrogen (secondary N) is 2. The van der Waals surface area contributed by atoms with Crippen molar-refractivity contribution >= 4 is 66.9 Å². The van der Waals surface area contributed by atoms with Crippen molar-refractivity contribution in [1.29, 1.82) is 0 Å². The number of carbonyl (C=O) groups excluding carboxylic acids is 1. The van der Waals surface area contributed by atoms with Crippen molar-refractivity contribution < 1.29 is 39.6 Å². The molecule has 1 amide bonds. The van der Waals surface area contributed by atoms with Gasteiger partial charge < -0.3 is 5.32 Å². The van der Waals surface area contributed by atoms with Crippen LogP contribution in [0.4, 0.5) is 32.2 Å². The van der Waals surface area contributed by atoms with Crippen LogP contribution < -0.4 is 15.6 Å². The smallest absolute Gasteiger partial charge is 0.293 e. The molecule has 1 unspecified atom stereocenters. The van der Waals surface area contributed by atoms with E-state index >= 15 is 8.78 Å². The maximum atomic E-state index is 15.4. The fraction of sp³-hybridized carbons (Fsp3) is 0.294. The summed E-state index contributed by atoms with van der Waals surface area (Å²) in [6.07, 6.45) is -2.81. The highest BCUT2D eigenvalue weighted by Crippen LogP contribution is 2.68. The van der Waals surface area contributed by atoms with Gasteiger partial charge in [0.05, 0.1) is 39.3 Å². The number of sulfonamides is 1. The molecule has 0 bridgehead atoms. The summed E-state index contributed by atoms with van der Waals surface area (Å²) in [7, 11) is -2.47. The predicted molar refractivity (Wildman–Crippen MR) is 191 cm³/mol. The Kier molecular flexibility index (Phi) is 8.88. The first-order valence-corrected chi connectivity index (χ1v) is 19.2. The summed E-state index contributed by atoms with van der Waals surface area (Å²) >= 11 is 12.7. The highest BCUT2D eigenvalue weighted by atomic mass is 35.5. The largest absolute Gasteiger partial charge is 0.344 e. The second-order valence-electron chi connectivity index (χ2n) is 13.5. The van der Waals surface area contributed by atoms with Crippen molar-refractivity contribution in [1.82, 2.24) is 39.4 Å². The van der Waals surface area contributed by atoms with Crippen molar-refractivity contribution in [3.8, 4) is 5.69 Å². The normalized spacial score (nSPS) is 17.7. The van der Waals surface area contributed by atoms with E-state index in [2.05, 4.69) is 30.2 Å². The van der Waals surface area contributed by atoms with E-state index in [1.165, 1.54) is 36.0 Å². The van der Waals surface area contributed by atoms with Crippen molar-refractivity contribution in [2.24, 2.45) is 13.0 Å². The number of nitrogens with zero attached hydrogens (tertiary/aromatic N) is 7. The number of alkyl halides is 4. The van der Waals surface area contributed by atoms with E-state index < -0.39 is 87.7 Å². The number of pyridine rings is 1. The van der Waals surface area contributed by atoms with Crippen LogP contribution in [0.2, 0.25) is 10.2 Å². The first kappa shape index (κ1) is 37.7. The molecule has 4 heterocycles. The fourth-order valence-corrected chi connectivity index (χ4v) is 8.32. The zero-order valence-corrected chi connectivity index (χ0v) is 31.0. The number of carbonyl (C=O) groups is 1. The van der Waals surface area contributed by atoms with Crippen LogP contribution >= 0.6 is 23.2 Å². The van der Waals surface area contributed by atoms with Gasteiger partial charge in [-0.25, -0.2) is 35.9 Å². The van der Waals surface area contributed by atoms with Crippen molar-refractivity contribution in [3.63, 3.8) is 0 Å². The zero-order chi connectivity index (χ0) is 40.2. The van der Waals surface area contributed by atoms with Gasteiger partial charge in [0.1, 0.15) is 40.5 Å². The molecule has 0 spiro atoms. The van der Waals surface area contributed by atoms with Gasteiger partial charge in [0.2, 0.25) is 15.9 Å². The molecule has 2 N–H and O–H groups in total. The van der Waals surface area contributed by atoms with E-state index in [4.69, 9.17) is 23.2 Å². The summed E-state index contributed by atoms with van der Waals surface area (Å²) in [4.78, 5) is 37.2. The minimum absolute atomic E-state index is 0.00641. The van der Waals surface area contributed by atoms with Crippen LogP contribution in [0.5, 0.6) is 0 Å². The highest BCUT2D eigenvalue weighted by molar-refractivity contribution is 7.92. The second kappa shape index (κ2) is 13.2. The SMILES string of the molecule is Cn1nc(NS(C)(=O)=O)c2c(Cl)ccc(-n3c(C(Cc4cc(F)cc(F)c4)NC(=O)Cn4nc(C(F)F)c5c4C(F)(F)[C@H]4C[C@@H]54)nc4nc(Cl)ccc4c3=O)c21. The van der Waals surface area contributed by atoms with Crippen molar-refractivity contribution in [2.45, 2.75) is 43.7 Å². The van der Waals surface area contributed by atoms with E-state index in [0.29, 0.717) is 10.7 Å². The van der Waals surface area contributed by atoms with E-state index in [0.717, 1.165) is 23.0 Å². The molecule has 1 fully saturated rings. The summed E-state index contributed by atoms with van der Waals surface area (Å²) in [5.74, 6) is -9.16. The Hall–Kier alpha value is -5.21. The molecule has 13 nitrogen and oxygen atoms in total. The molecule has 0 saturated heterocycles. The molecule has 2 aromatic carbocycles. The first-order chi connectivity index (χ1) is 26.3. The van der Waals surface area contributed by atoms with Gasteiger partial charge in [0.15, 0.2) is 11.5 Å².